The highest BCUT2D eigenvalue weighted by molar-refractivity contribution is 5.99. The minimum atomic E-state index is -0.643. The van der Waals surface area contributed by atoms with E-state index >= 15 is 0 Å². The molecule has 2 aromatic rings. The van der Waals surface area contributed by atoms with Crippen molar-refractivity contribution in [1.82, 2.24) is 9.47 Å². The summed E-state index contributed by atoms with van der Waals surface area (Å²) in [6, 6.07) is 7.21. The molecule has 2 heterocycles. The molecule has 128 valence electrons. The van der Waals surface area contributed by atoms with Crippen molar-refractivity contribution >= 4 is 28.4 Å². The van der Waals surface area contributed by atoms with Crippen molar-refractivity contribution in [1.29, 1.82) is 0 Å². The summed E-state index contributed by atoms with van der Waals surface area (Å²) in [7, 11) is 0. The molecule has 0 radical (unpaired) electrons. The van der Waals surface area contributed by atoms with Gasteiger partial charge in [-0.15, -0.1) is 0 Å². The number of hydrogen-bond donors (Lipinski definition) is 2. The molecule has 1 aromatic carbocycles. The zero-order chi connectivity index (χ0) is 17.3. The zero-order valence-corrected chi connectivity index (χ0v) is 14.0. The van der Waals surface area contributed by atoms with Crippen molar-refractivity contribution in [3.05, 3.63) is 30.5 Å². The van der Waals surface area contributed by atoms with Gasteiger partial charge in [0, 0.05) is 49.2 Å². The number of likely N-dealkylation sites (tertiary alicyclic amines) is 1. The van der Waals surface area contributed by atoms with E-state index in [-0.39, 0.29) is 24.8 Å². The molecule has 1 saturated heterocycles. The van der Waals surface area contributed by atoms with Crippen LogP contribution in [0.4, 0.5) is 5.69 Å². The number of benzene rings is 1. The van der Waals surface area contributed by atoms with E-state index in [1.54, 1.807) is 0 Å². The van der Waals surface area contributed by atoms with Gasteiger partial charge in [0.05, 0.1) is 6.10 Å². The summed E-state index contributed by atoms with van der Waals surface area (Å²) in [4.78, 5) is 25.6. The molecule has 0 aliphatic carbocycles. The van der Waals surface area contributed by atoms with Crippen LogP contribution in [0.15, 0.2) is 30.5 Å². The van der Waals surface area contributed by atoms with Gasteiger partial charge in [-0.05, 0) is 30.7 Å². The van der Waals surface area contributed by atoms with E-state index in [2.05, 4.69) is 16.8 Å². The van der Waals surface area contributed by atoms with Gasteiger partial charge < -0.3 is 19.9 Å². The molecule has 6 heteroatoms. The zero-order valence-electron chi connectivity index (χ0n) is 14.0. The van der Waals surface area contributed by atoms with E-state index in [4.69, 9.17) is 0 Å². The first-order valence-electron chi connectivity index (χ1n) is 8.34. The number of aryl methyl sites for hydroxylation is 1. The lowest BCUT2D eigenvalue weighted by Crippen LogP contribution is -2.42. The first kappa shape index (κ1) is 16.5. The topological polar surface area (TPSA) is 74.6 Å². The van der Waals surface area contributed by atoms with Crippen LogP contribution in [0.5, 0.6) is 0 Å². The largest absolute Gasteiger partial charge is 0.391 e. The van der Waals surface area contributed by atoms with Crippen molar-refractivity contribution in [3.8, 4) is 0 Å². The molecule has 2 amide bonds. The number of carbonyl (C=O) groups is 2. The molecule has 24 heavy (non-hydrogen) atoms. The highest BCUT2D eigenvalue weighted by Crippen LogP contribution is 2.23. The van der Waals surface area contributed by atoms with Crippen LogP contribution in [0.1, 0.15) is 26.7 Å². The molecule has 0 bridgehead atoms. The van der Waals surface area contributed by atoms with Gasteiger partial charge in [0.15, 0.2) is 0 Å². The Morgan fingerprint density at radius 3 is 2.83 bits per heavy atom. The van der Waals surface area contributed by atoms with Gasteiger partial charge in [0.25, 0.3) is 0 Å². The number of hydrogen-bond acceptors (Lipinski definition) is 3. The molecular weight excluding hydrogens is 306 g/mol. The van der Waals surface area contributed by atoms with Crippen LogP contribution in [0.2, 0.25) is 0 Å². The summed E-state index contributed by atoms with van der Waals surface area (Å²) in [6.45, 7) is 4.73. The molecule has 1 aliphatic heterocycles. The third-order valence-electron chi connectivity index (χ3n) is 4.49. The van der Waals surface area contributed by atoms with E-state index in [1.165, 1.54) is 11.8 Å². The van der Waals surface area contributed by atoms with Crippen LogP contribution in [-0.2, 0) is 16.1 Å². The van der Waals surface area contributed by atoms with Crippen molar-refractivity contribution in [3.63, 3.8) is 0 Å². The van der Waals surface area contributed by atoms with Crippen molar-refractivity contribution in [2.45, 2.75) is 45.4 Å². The van der Waals surface area contributed by atoms with Crippen LogP contribution < -0.4 is 5.32 Å². The fourth-order valence-corrected chi connectivity index (χ4v) is 3.35. The molecule has 2 N–H and O–H groups in total. The summed E-state index contributed by atoms with van der Waals surface area (Å²) in [5.74, 6) is -0.451. The normalized spacial score (nSPS) is 20.5. The Kier molecular flexibility index (Phi) is 4.57. The fraction of sp³-hybridized carbons (Fsp3) is 0.444. The molecule has 1 fully saturated rings. The Morgan fingerprint density at radius 1 is 1.33 bits per heavy atom. The van der Waals surface area contributed by atoms with Crippen LogP contribution >= 0.6 is 0 Å². The first-order valence-corrected chi connectivity index (χ1v) is 8.34. The lowest BCUT2D eigenvalue weighted by Gasteiger charge is -2.22. The van der Waals surface area contributed by atoms with Crippen molar-refractivity contribution in [2.24, 2.45) is 0 Å². The predicted octanol–water partition coefficient (Wildman–Crippen LogP) is 1.97. The summed E-state index contributed by atoms with van der Waals surface area (Å²) in [6.07, 6.45) is 2.74. The number of aromatic nitrogens is 1. The highest BCUT2D eigenvalue weighted by atomic mass is 16.3. The Balaban J connectivity index is 1.77. The molecule has 3 rings (SSSR count). The van der Waals surface area contributed by atoms with Crippen LogP contribution in [0.25, 0.3) is 10.9 Å². The maximum atomic E-state index is 12.5. The average molecular weight is 329 g/mol. The second kappa shape index (κ2) is 6.65. The van der Waals surface area contributed by atoms with Crippen LogP contribution in [0, 0.1) is 0 Å². The Labute approximate surface area is 141 Å². The first-order chi connectivity index (χ1) is 11.5. The molecule has 1 aliphatic rings. The van der Waals surface area contributed by atoms with Crippen LogP contribution in [0.3, 0.4) is 0 Å². The fourth-order valence-electron chi connectivity index (χ4n) is 3.35. The monoisotopic (exact) mass is 329 g/mol. The summed E-state index contributed by atoms with van der Waals surface area (Å²) < 4.78 is 2.19. The molecule has 0 unspecified atom stereocenters. The number of aliphatic hydroxyl groups is 1. The number of aliphatic hydroxyl groups excluding tert-OH is 1. The standard InChI is InChI=1S/C18H23N3O3/c1-3-7-20-8-6-13-9-14(4-5-16(13)20)19-18(24)17-10-15(23)11-21(17)12(2)22/h4-6,8-9,15,17,23H,3,7,10-11H2,1-2H3,(H,19,24)/t15-,17+/m0/s1. The number of carbonyl (C=O) groups excluding carboxylic acids is 2. The molecular formula is C18H23N3O3. The third-order valence-corrected chi connectivity index (χ3v) is 4.49. The Morgan fingerprint density at radius 2 is 2.12 bits per heavy atom. The molecule has 6 nitrogen and oxygen atoms in total. The van der Waals surface area contributed by atoms with Crippen LogP contribution in [-0.4, -0.2) is 45.1 Å². The molecule has 1 aromatic heterocycles. The Bertz CT molecular complexity index is 768. The van der Waals surface area contributed by atoms with Gasteiger partial charge >= 0.3 is 0 Å². The van der Waals surface area contributed by atoms with E-state index in [0.717, 1.165) is 23.9 Å². The number of nitrogens with zero attached hydrogens (tertiary/aromatic N) is 2. The summed E-state index contributed by atoms with van der Waals surface area (Å²) >= 11 is 0. The maximum Gasteiger partial charge on any atom is 0.247 e. The van der Waals surface area contributed by atoms with Gasteiger partial charge in [0.1, 0.15) is 6.04 Å². The second-order valence-electron chi connectivity index (χ2n) is 6.35. The molecule has 0 spiro atoms. The second-order valence-corrected chi connectivity index (χ2v) is 6.35. The van der Waals surface area contributed by atoms with Gasteiger partial charge in [0.2, 0.25) is 11.8 Å². The number of fused-ring (bicyclic) bond motifs is 1. The summed E-state index contributed by atoms with van der Waals surface area (Å²) in [5, 5.41) is 13.7. The minimum Gasteiger partial charge on any atom is -0.391 e. The van der Waals surface area contributed by atoms with Gasteiger partial charge in [-0.25, -0.2) is 0 Å². The maximum absolute atomic E-state index is 12.5. The van der Waals surface area contributed by atoms with Gasteiger partial charge in [-0.2, -0.15) is 0 Å². The minimum absolute atomic E-state index is 0.196. The third kappa shape index (κ3) is 3.14. The number of amides is 2. The smallest absolute Gasteiger partial charge is 0.247 e. The number of rotatable bonds is 4. The molecule has 2 atom stereocenters. The average Bonchev–Trinajstić information content (AvgIpc) is 3.11. The number of β-amino-alcohol motifs (C(OH)–C–C–N with tert-alkyl or cyclic N) is 1. The van der Waals surface area contributed by atoms with Gasteiger partial charge in [-0.1, -0.05) is 6.92 Å². The van der Waals surface area contributed by atoms with Crippen molar-refractivity contribution < 1.29 is 14.7 Å². The summed E-state index contributed by atoms with van der Waals surface area (Å²) in [5.41, 5.74) is 1.84. The SMILES string of the molecule is CCCn1ccc2cc(NC(=O)[C@H]3C[C@H](O)CN3C(C)=O)ccc21. The van der Waals surface area contributed by atoms with E-state index < -0.39 is 12.1 Å². The lowest BCUT2D eigenvalue weighted by molar-refractivity contribution is -0.134. The van der Waals surface area contributed by atoms with Crippen molar-refractivity contribution in [2.75, 3.05) is 11.9 Å². The van der Waals surface area contributed by atoms with E-state index in [1.807, 2.05) is 30.5 Å². The van der Waals surface area contributed by atoms with E-state index in [0.29, 0.717) is 5.69 Å². The highest BCUT2D eigenvalue weighted by Gasteiger charge is 2.37. The number of anilines is 1. The van der Waals surface area contributed by atoms with E-state index in [9.17, 15) is 14.7 Å². The Hall–Kier alpha value is -2.34. The predicted molar refractivity (Wildman–Crippen MR) is 92.7 cm³/mol. The number of nitrogens with one attached hydrogen (secondary N) is 1. The van der Waals surface area contributed by atoms with Gasteiger partial charge in [-0.3, -0.25) is 9.59 Å². The lowest BCUT2D eigenvalue weighted by atomic mass is 10.1. The quantitative estimate of drug-likeness (QED) is 0.900. The molecule has 0 saturated carbocycles.